The summed E-state index contributed by atoms with van der Waals surface area (Å²) in [5.74, 6) is 0. The number of rotatable bonds is 2. The van der Waals surface area contributed by atoms with E-state index in [9.17, 15) is 14.4 Å². The van der Waals surface area contributed by atoms with Gasteiger partial charge in [0.15, 0.2) is 0 Å². The second kappa shape index (κ2) is 9.03. The standard InChI is InChI=1S/C22H33N5O4/c1-6-23-19(28)27-10-9-16-7-8-17(13-18(16)27)24-20(29)26-12-11-25(14-15(26)2)21(30)31-22(3,4)5/h7-8,13,15H,6,9-12,14H2,1-5H3,(H,23,28)(H,24,29). The van der Waals surface area contributed by atoms with E-state index in [1.165, 1.54) is 0 Å². The van der Waals surface area contributed by atoms with Gasteiger partial charge in [-0.1, -0.05) is 6.07 Å². The zero-order valence-electron chi connectivity index (χ0n) is 19.0. The zero-order chi connectivity index (χ0) is 22.8. The fraction of sp³-hybridized carbons (Fsp3) is 0.591. The number of ether oxygens (including phenoxy) is 1. The Morgan fingerprint density at radius 1 is 1.13 bits per heavy atom. The third kappa shape index (κ3) is 5.39. The first-order chi connectivity index (χ1) is 14.6. The molecule has 9 nitrogen and oxygen atoms in total. The summed E-state index contributed by atoms with van der Waals surface area (Å²) in [4.78, 5) is 42.5. The second-order valence-electron chi connectivity index (χ2n) is 8.98. The molecule has 1 saturated heterocycles. The van der Waals surface area contributed by atoms with E-state index in [1.807, 2.05) is 52.8 Å². The zero-order valence-corrected chi connectivity index (χ0v) is 19.0. The van der Waals surface area contributed by atoms with Gasteiger partial charge in [0.2, 0.25) is 0 Å². The van der Waals surface area contributed by atoms with Gasteiger partial charge in [0.05, 0.1) is 5.69 Å². The maximum Gasteiger partial charge on any atom is 0.410 e. The first-order valence-corrected chi connectivity index (χ1v) is 10.8. The number of nitrogens with zero attached hydrogens (tertiary/aromatic N) is 3. The molecule has 2 heterocycles. The van der Waals surface area contributed by atoms with Crippen LogP contribution in [0.1, 0.15) is 40.2 Å². The number of piperazine rings is 1. The summed E-state index contributed by atoms with van der Waals surface area (Å²) in [6, 6.07) is 5.16. The Kier molecular flexibility index (Phi) is 6.62. The molecule has 0 bridgehead atoms. The Morgan fingerprint density at radius 2 is 1.87 bits per heavy atom. The maximum absolute atomic E-state index is 12.9. The van der Waals surface area contributed by atoms with Crippen molar-refractivity contribution < 1.29 is 19.1 Å². The molecule has 0 aromatic heterocycles. The molecule has 0 saturated carbocycles. The van der Waals surface area contributed by atoms with Crippen LogP contribution in [0.15, 0.2) is 18.2 Å². The van der Waals surface area contributed by atoms with E-state index in [0.717, 1.165) is 17.7 Å². The van der Waals surface area contributed by atoms with Gasteiger partial charge in [-0.2, -0.15) is 0 Å². The molecule has 2 N–H and O–H groups in total. The summed E-state index contributed by atoms with van der Waals surface area (Å²) in [5, 5.41) is 5.76. The molecule has 170 valence electrons. The van der Waals surface area contributed by atoms with Crippen LogP contribution in [-0.2, 0) is 11.2 Å². The Bertz CT molecular complexity index is 851. The van der Waals surface area contributed by atoms with Crippen LogP contribution in [0.3, 0.4) is 0 Å². The maximum atomic E-state index is 12.9. The van der Waals surface area contributed by atoms with Gasteiger partial charge in [0.1, 0.15) is 5.60 Å². The number of hydrogen-bond donors (Lipinski definition) is 2. The average Bonchev–Trinajstić information content (AvgIpc) is 3.10. The van der Waals surface area contributed by atoms with Crippen LogP contribution in [0.25, 0.3) is 0 Å². The predicted octanol–water partition coefficient (Wildman–Crippen LogP) is 3.25. The number of benzene rings is 1. The van der Waals surface area contributed by atoms with E-state index in [2.05, 4.69) is 10.6 Å². The smallest absolute Gasteiger partial charge is 0.410 e. The molecule has 9 heteroatoms. The Morgan fingerprint density at radius 3 is 2.52 bits per heavy atom. The molecular formula is C22H33N5O4. The quantitative estimate of drug-likeness (QED) is 0.752. The number of amides is 5. The van der Waals surface area contributed by atoms with Crippen molar-refractivity contribution in [2.45, 2.75) is 52.7 Å². The highest BCUT2D eigenvalue weighted by atomic mass is 16.6. The number of hydrogen-bond acceptors (Lipinski definition) is 4. The molecule has 0 spiro atoms. The Labute approximate surface area is 183 Å². The summed E-state index contributed by atoms with van der Waals surface area (Å²) in [7, 11) is 0. The minimum atomic E-state index is -0.551. The fourth-order valence-corrected chi connectivity index (χ4v) is 3.86. The molecule has 0 radical (unpaired) electrons. The summed E-state index contributed by atoms with van der Waals surface area (Å²) in [6.45, 7) is 11.7. The van der Waals surface area contributed by atoms with E-state index in [0.29, 0.717) is 38.4 Å². The topological polar surface area (TPSA) is 94.2 Å². The molecule has 1 fully saturated rings. The first kappa shape index (κ1) is 22.7. The third-order valence-electron chi connectivity index (χ3n) is 5.35. The van der Waals surface area contributed by atoms with E-state index in [-0.39, 0.29) is 24.2 Å². The van der Waals surface area contributed by atoms with Gasteiger partial charge < -0.3 is 25.2 Å². The lowest BCUT2D eigenvalue weighted by Gasteiger charge is -2.40. The van der Waals surface area contributed by atoms with Crippen LogP contribution in [-0.4, -0.2) is 72.3 Å². The molecule has 1 aromatic carbocycles. The molecule has 31 heavy (non-hydrogen) atoms. The van der Waals surface area contributed by atoms with Crippen molar-refractivity contribution in [3.8, 4) is 0 Å². The minimum absolute atomic E-state index is 0.128. The van der Waals surface area contributed by atoms with Gasteiger partial charge in [-0.25, -0.2) is 14.4 Å². The van der Waals surface area contributed by atoms with Crippen molar-refractivity contribution in [3.63, 3.8) is 0 Å². The van der Waals surface area contributed by atoms with Gasteiger partial charge in [-0.05, 0) is 58.7 Å². The van der Waals surface area contributed by atoms with Crippen LogP contribution in [0, 0.1) is 0 Å². The summed E-state index contributed by atoms with van der Waals surface area (Å²) in [6.07, 6.45) is 0.438. The van der Waals surface area contributed by atoms with Crippen molar-refractivity contribution in [1.29, 1.82) is 0 Å². The van der Waals surface area contributed by atoms with E-state index in [4.69, 9.17) is 4.74 Å². The van der Waals surface area contributed by atoms with Crippen LogP contribution in [0.5, 0.6) is 0 Å². The monoisotopic (exact) mass is 431 g/mol. The van der Waals surface area contributed by atoms with E-state index in [1.54, 1.807) is 14.7 Å². The average molecular weight is 432 g/mol. The van der Waals surface area contributed by atoms with Crippen molar-refractivity contribution >= 4 is 29.5 Å². The highest BCUT2D eigenvalue weighted by Gasteiger charge is 2.32. The van der Waals surface area contributed by atoms with Crippen molar-refractivity contribution in [2.75, 3.05) is 42.9 Å². The SMILES string of the molecule is CCNC(=O)N1CCc2ccc(NC(=O)N3CCN(C(=O)OC(C)(C)C)CC3C)cc21. The number of carbonyl (C=O) groups excluding carboxylic acids is 3. The molecule has 1 unspecified atom stereocenters. The molecular weight excluding hydrogens is 398 g/mol. The molecule has 1 atom stereocenters. The minimum Gasteiger partial charge on any atom is -0.444 e. The van der Waals surface area contributed by atoms with Crippen LogP contribution < -0.4 is 15.5 Å². The second-order valence-corrected chi connectivity index (χ2v) is 8.98. The van der Waals surface area contributed by atoms with Crippen molar-refractivity contribution in [1.82, 2.24) is 15.1 Å². The normalized spacial score (nSPS) is 18.5. The highest BCUT2D eigenvalue weighted by molar-refractivity contribution is 5.96. The Hall–Kier alpha value is -2.97. The molecule has 2 aliphatic heterocycles. The van der Waals surface area contributed by atoms with E-state index >= 15 is 0 Å². The molecule has 0 aliphatic carbocycles. The lowest BCUT2D eigenvalue weighted by Crippen LogP contribution is -2.57. The molecule has 3 rings (SSSR count). The first-order valence-electron chi connectivity index (χ1n) is 10.8. The predicted molar refractivity (Wildman–Crippen MR) is 120 cm³/mol. The molecule has 2 aliphatic rings. The fourth-order valence-electron chi connectivity index (χ4n) is 3.86. The van der Waals surface area contributed by atoms with Crippen molar-refractivity contribution in [3.05, 3.63) is 23.8 Å². The number of carbonyl (C=O) groups is 3. The number of nitrogens with one attached hydrogen (secondary N) is 2. The van der Waals surface area contributed by atoms with Crippen LogP contribution in [0.2, 0.25) is 0 Å². The summed E-state index contributed by atoms with van der Waals surface area (Å²) >= 11 is 0. The third-order valence-corrected chi connectivity index (χ3v) is 5.35. The van der Waals surface area contributed by atoms with E-state index < -0.39 is 5.60 Å². The van der Waals surface area contributed by atoms with Crippen molar-refractivity contribution in [2.24, 2.45) is 0 Å². The number of urea groups is 2. The van der Waals surface area contributed by atoms with Gasteiger partial charge in [0, 0.05) is 44.5 Å². The molecule has 5 amide bonds. The van der Waals surface area contributed by atoms with Crippen LogP contribution >= 0.6 is 0 Å². The number of anilines is 2. The highest BCUT2D eigenvalue weighted by Crippen LogP contribution is 2.31. The van der Waals surface area contributed by atoms with Gasteiger partial charge in [-0.15, -0.1) is 0 Å². The lowest BCUT2D eigenvalue weighted by atomic mass is 10.1. The van der Waals surface area contributed by atoms with Gasteiger partial charge in [-0.3, -0.25) is 4.90 Å². The lowest BCUT2D eigenvalue weighted by molar-refractivity contribution is 0.0112. The Balaban J connectivity index is 1.62. The largest absolute Gasteiger partial charge is 0.444 e. The van der Waals surface area contributed by atoms with Crippen LogP contribution in [0.4, 0.5) is 25.8 Å². The summed E-state index contributed by atoms with van der Waals surface area (Å²) < 4.78 is 5.44. The molecule has 1 aromatic rings. The summed E-state index contributed by atoms with van der Waals surface area (Å²) in [5.41, 5.74) is 2.00. The van der Waals surface area contributed by atoms with Gasteiger partial charge in [0.25, 0.3) is 0 Å². The van der Waals surface area contributed by atoms with Gasteiger partial charge >= 0.3 is 18.2 Å². The number of fused-ring (bicyclic) bond motifs is 1.